The van der Waals surface area contributed by atoms with Crippen LogP contribution in [-0.2, 0) is 6.42 Å². The zero-order valence-corrected chi connectivity index (χ0v) is 11.8. The molecule has 0 fully saturated rings. The maximum atomic E-state index is 13.3. The molecule has 0 unspecified atom stereocenters. The van der Waals surface area contributed by atoms with Crippen molar-refractivity contribution in [3.8, 4) is 0 Å². The molecule has 0 bridgehead atoms. The predicted molar refractivity (Wildman–Crippen MR) is 83.1 cm³/mol. The van der Waals surface area contributed by atoms with Crippen LogP contribution in [0.4, 0.5) is 4.39 Å². The van der Waals surface area contributed by atoms with Gasteiger partial charge in [0.1, 0.15) is 5.82 Å². The molecule has 0 aliphatic heterocycles. The first-order valence-electron chi connectivity index (χ1n) is 6.90. The van der Waals surface area contributed by atoms with Crippen molar-refractivity contribution in [3.05, 3.63) is 83.2 Å². The highest BCUT2D eigenvalue weighted by atomic mass is 19.1. The van der Waals surface area contributed by atoms with Gasteiger partial charge in [0.25, 0.3) is 0 Å². The highest BCUT2D eigenvalue weighted by Gasteiger charge is 2.09. The molecular weight excluding hydrogens is 263 g/mol. The minimum atomic E-state index is -0.280. The number of Topliss-reactive ketones (excluding diaryl/α,β-unsaturated/α-hetero) is 1. The number of halogens is 1. The van der Waals surface area contributed by atoms with Crippen LogP contribution in [0.25, 0.3) is 10.8 Å². The second kappa shape index (κ2) is 5.49. The zero-order chi connectivity index (χ0) is 14.8. The van der Waals surface area contributed by atoms with Gasteiger partial charge in [-0.15, -0.1) is 0 Å². The van der Waals surface area contributed by atoms with Crippen molar-refractivity contribution in [2.75, 3.05) is 0 Å². The molecule has 0 atom stereocenters. The smallest absolute Gasteiger partial charge is 0.167 e. The average molecular weight is 278 g/mol. The van der Waals surface area contributed by atoms with E-state index < -0.39 is 0 Å². The van der Waals surface area contributed by atoms with E-state index in [0.717, 1.165) is 16.3 Å². The Kier molecular flexibility index (Phi) is 3.53. The van der Waals surface area contributed by atoms with Crippen molar-refractivity contribution in [1.29, 1.82) is 0 Å². The Hall–Kier alpha value is -2.48. The summed E-state index contributed by atoms with van der Waals surface area (Å²) >= 11 is 0. The molecule has 3 aromatic rings. The summed E-state index contributed by atoms with van der Waals surface area (Å²) in [6, 6.07) is 18.6. The standard InChI is InChI=1S/C19H15FO/c1-13-10-17(8-9-18(13)20)19(21)12-14-6-7-15-4-2-3-5-16(15)11-14/h2-11H,12H2,1H3. The number of ketones is 1. The lowest BCUT2D eigenvalue weighted by atomic mass is 9.99. The lowest BCUT2D eigenvalue weighted by molar-refractivity contribution is 0.0993. The molecule has 0 aliphatic carbocycles. The van der Waals surface area contributed by atoms with Gasteiger partial charge in [-0.25, -0.2) is 4.39 Å². The van der Waals surface area contributed by atoms with Crippen molar-refractivity contribution in [1.82, 2.24) is 0 Å². The summed E-state index contributed by atoms with van der Waals surface area (Å²) in [5.74, 6) is -0.273. The summed E-state index contributed by atoms with van der Waals surface area (Å²) in [7, 11) is 0. The maximum absolute atomic E-state index is 13.3. The number of hydrogen-bond acceptors (Lipinski definition) is 1. The maximum Gasteiger partial charge on any atom is 0.167 e. The number of carbonyl (C=O) groups is 1. The highest BCUT2D eigenvalue weighted by molar-refractivity contribution is 5.98. The first-order valence-corrected chi connectivity index (χ1v) is 6.90. The van der Waals surface area contributed by atoms with Crippen LogP contribution in [0.3, 0.4) is 0 Å². The Bertz CT molecular complexity index is 821. The SMILES string of the molecule is Cc1cc(C(=O)Cc2ccc3ccccc3c2)ccc1F. The van der Waals surface area contributed by atoms with Crippen LogP contribution in [0.2, 0.25) is 0 Å². The van der Waals surface area contributed by atoms with Gasteiger partial charge in [-0.3, -0.25) is 4.79 Å². The third-order valence-electron chi connectivity index (χ3n) is 3.66. The molecule has 0 spiro atoms. The number of fused-ring (bicyclic) bond motifs is 1. The van der Waals surface area contributed by atoms with E-state index in [1.54, 1.807) is 19.1 Å². The molecule has 3 aromatic carbocycles. The summed E-state index contributed by atoms with van der Waals surface area (Å²) in [6.45, 7) is 1.67. The molecule has 0 radical (unpaired) electrons. The van der Waals surface area contributed by atoms with E-state index in [0.29, 0.717) is 17.5 Å². The summed E-state index contributed by atoms with van der Waals surface area (Å²) in [5, 5.41) is 2.28. The average Bonchev–Trinajstić information content (AvgIpc) is 2.50. The molecule has 104 valence electrons. The largest absolute Gasteiger partial charge is 0.294 e. The fourth-order valence-corrected chi connectivity index (χ4v) is 2.45. The summed E-state index contributed by atoms with van der Waals surface area (Å²) < 4.78 is 13.3. The van der Waals surface area contributed by atoms with Crippen LogP contribution in [0, 0.1) is 12.7 Å². The molecular formula is C19H15FO. The first kappa shape index (κ1) is 13.5. The number of carbonyl (C=O) groups excluding carboxylic acids is 1. The Labute approximate surface area is 123 Å². The van der Waals surface area contributed by atoms with E-state index in [1.165, 1.54) is 6.07 Å². The molecule has 0 N–H and O–H groups in total. The van der Waals surface area contributed by atoms with Crippen LogP contribution in [0.15, 0.2) is 60.7 Å². The number of rotatable bonds is 3. The lowest BCUT2D eigenvalue weighted by Crippen LogP contribution is -2.04. The fourth-order valence-electron chi connectivity index (χ4n) is 2.45. The van der Waals surface area contributed by atoms with Crippen LogP contribution >= 0.6 is 0 Å². The molecule has 3 rings (SSSR count). The molecule has 0 aliphatic rings. The normalized spacial score (nSPS) is 10.8. The van der Waals surface area contributed by atoms with Gasteiger partial charge in [0, 0.05) is 12.0 Å². The van der Waals surface area contributed by atoms with E-state index in [4.69, 9.17) is 0 Å². The third kappa shape index (κ3) is 2.84. The molecule has 0 aromatic heterocycles. The number of aryl methyl sites for hydroxylation is 1. The summed E-state index contributed by atoms with van der Waals surface area (Å²) in [4.78, 5) is 12.3. The van der Waals surface area contributed by atoms with Crippen LogP contribution in [-0.4, -0.2) is 5.78 Å². The zero-order valence-electron chi connectivity index (χ0n) is 11.8. The van der Waals surface area contributed by atoms with Crippen molar-refractivity contribution in [2.24, 2.45) is 0 Å². The Morgan fingerprint density at radius 3 is 2.48 bits per heavy atom. The first-order chi connectivity index (χ1) is 10.1. The van der Waals surface area contributed by atoms with Crippen molar-refractivity contribution in [3.63, 3.8) is 0 Å². The number of hydrogen-bond donors (Lipinski definition) is 0. The van der Waals surface area contributed by atoms with E-state index in [1.807, 2.05) is 42.5 Å². The molecule has 0 heterocycles. The van der Waals surface area contributed by atoms with E-state index >= 15 is 0 Å². The second-order valence-electron chi connectivity index (χ2n) is 5.25. The van der Waals surface area contributed by atoms with Crippen LogP contribution in [0.5, 0.6) is 0 Å². The van der Waals surface area contributed by atoms with E-state index in [9.17, 15) is 9.18 Å². The minimum Gasteiger partial charge on any atom is -0.294 e. The second-order valence-corrected chi connectivity index (χ2v) is 5.25. The van der Waals surface area contributed by atoms with Gasteiger partial charge in [-0.1, -0.05) is 42.5 Å². The van der Waals surface area contributed by atoms with Gasteiger partial charge in [0.15, 0.2) is 5.78 Å². The molecule has 21 heavy (non-hydrogen) atoms. The van der Waals surface area contributed by atoms with E-state index in [2.05, 4.69) is 0 Å². The molecule has 1 nitrogen and oxygen atoms in total. The Morgan fingerprint density at radius 1 is 0.952 bits per heavy atom. The third-order valence-corrected chi connectivity index (χ3v) is 3.66. The molecule has 0 saturated carbocycles. The van der Waals surface area contributed by atoms with Crippen molar-refractivity contribution in [2.45, 2.75) is 13.3 Å². The predicted octanol–water partition coefficient (Wildman–Crippen LogP) is 4.71. The quantitative estimate of drug-likeness (QED) is 0.634. The van der Waals surface area contributed by atoms with Gasteiger partial charge >= 0.3 is 0 Å². The molecule has 0 amide bonds. The van der Waals surface area contributed by atoms with Gasteiger partial charge in [-0.2, -0.15) is 0 Å². The summed E-state index contributed by atoms with van der Waals surface area (Å²) in [6.07, 6.45) is 0.329. The fraction of sp³-hybridized carbons (Fsp3) is 0.105. The van der Waals surface area contributed by atoms with Crippen molar-refractivity contribution < 1.29 is 9.18 Å². The summed E-state index contributed by atoms with van der Waals surface area (Å²) in [5.41, 5.74) is 2.03. The lowest BCUT2D eigenvalue weighted by Gasteiger charge is -2.05. The minimum absolute atomic E-state index is 0.00776. The highest BCUT2D eigenvalue weighted by Crippen LogP contribution is 2.18. The van der Waals surface area contributed by atoms with Crippen LogP contribution in [0.1, 0.15) is 21.5 Å². The van der Waals surface area contributed by atoms with Gasteiger partial charge in [0.2, 0.25) is 0 Å². The van der Waals surface area contributed by atoms with Crippen LogP contribution < -0.4 is 0 Å². The number of benzene rings is 3. The monoisotopic (exact) mass is 278 g/mol. The van der Waals surface area contributed by atoms with Gasteiger partial charge < -0.3 is 0 Å². The molecule has 0 saturated heterocycles. The van der Waals surface area contributed by atoms with Crippen molar-refractivity contribution >= 4 is 16.6 Å². The molecule has 2 heteroatoms. The Morgan fingerprint density at radius 2 is 1.71 bits per heavy atom. The van der Waals surface area contributed by atoms with Gasteiger partial charge in [0.05, 0.1) is 0 Å². The Balaban J connectivity index is 1.87. The van der Waals surface area contributed by atoms with E-state index in [-0.39, 0.29) is 11.6 Å². The van der Waals surface area contributed by atoms with Gasteiger partial charge in [-0.05, 0) is 47.0 Å². The topological polar surface area (TPSA) is 17.1 Å².